The second-order valence-corrected chi connectivity index (χ2v) is 5.03. The largest absolute Gasteiger partial charge is 0.265 e. The van der Waals surface area contributed by atoms with Crippen molar-refractivity contribution in [1.29, 1.82) is 0 Å². The molecule has 1 aromatic heterocycles. The Kier molecular flexibility index (Phi) is 3.96. The van der Waals surface area contributed by atoms with Crippen LogP contribution in [0.3, 0.4) is 0 Å². The predicted octanol–water partition coefficient (Wildman–Crippen LogP) is 4.28. The molecular weight excluding hydrogens is 289 g/mol. The Morgan fingerprint density at radius 2 is 1.94 bits per heavy atom. The average molecular weight is 298 g/mol. The van der Waals surface area contributed by atoms with Gasteiger partial charge in [-0.3, -0.25) is 4.98 Å². The van der Waals surface area contributed by atoms with Crippen molar-refractivity contribution >= 4 is 27.7 Å². The van der Waals surface area contributed by atoms with Gasteiger partial charge in [0.1, 0.15) is 5.82 Å². The van der Waals surface area contributed by atoms with Crippen molar-refractivity contribution in [3.8, 4) is 0 Å². The number of hydrogen-bond donors (Lipinski definition) is 0. The number of nitrogens with zero attached hydrogens (tertiary/aromatic N) is 1. The zero-order valence-electron chi connectivity index (χ0n) is 8.36. The summed E-state index contributed by atoms with van der Waals surface area (Å²) in [5, 5.41) is 0. The van der Waals surface area contributed by atoms with Crippen molar-refractivity contribution in [3.63, 3.8) is 0 Å². The Morgan fingerprint density at radius 3 is 2.69 bits per heavy atom. The Morgan fingerprint density at radius 1 is 1.19 bits per heavy atom. The van der Waals surface area contributed by atoms with Crippen LogP contribution < -0.4 is 0 Å². The lowest BCUT2D eigenvalue weighted by molar-refractivity contribution is 0.619. The van der Waals surface area contributed by atoms with E-state index in [1.165, 1.54) is 6.07 Å². The first-order valence-electron chi connectivity index (χ1n) is 4.73. The SMILES string of the molecule is Fc1cccc(CSc2ccncc2)c1Br. The van der Waals surface area contributed by atoms with Crippen LogP contribution in [0.15, 0.2) is 52.1 Å². The normalized spacial score (nSPS) is 10.4. The van der Waals surface area contributed by atoms with E-state index in [-0.39, 0.29) is 5.82 Å². The molecule has 1 aromatic carbocycles. The van der Waals surface area contributed by atoms with Crippen LogP contribution in [-0.2, 0) is 5.75 Å². The van der Waals surface area contributed by atoms with Crippen molar-refractivity contribution in [3.05, 3.63) is 58.6 Å². The third kappa shape index (κ3) is 2.83. The maximum atomic E-state index is 13.2. The predicted molar refractivity (Wildman–Crippen MR) is 67.9 cm³/mol. The highest BCUT2D eigenvalue weighted by Gasteiger charge is 2.05. The molecule has 4 heteroatoms. The van der Waals surface area contributed by atoms with Gasteiger partial charge in [-0.2, -0.15) is 0 Å². The van der Waals surface area contributed by atoms with Gasteiger partial charge in [-0.15, -0.1) is 11.8 Å². The average Bonchev–Trinajstić information content (AvgIpc) is 2.32. The van der Waals surface area contributed by atoms with Crippen LogP contribution in [0.1, 0.15) is 5.56 Å². The minimum atomic E-state index is -0.215. The van der Waals surface area contributed by atoms with Crippen LogP contribution >= 0.6 is 27.7 Å². The highest BCUT2D eigenvalue weighted by molar-refractivity contribution is 9.10. The van der Waals surface area contributed by atoms with E-state index in [9.17, 15) is 4.39 Å². The quantitative estimate of drug-likeness (QED) is 0.785. The summed E-state index contributed by atoms with van der Waals surface area (Å²) < 4.78 is 13.8. The molecule has 16 heavy (non-hydrogen) atoms. The van der Waals surface area contributed by atoms with Crippen LogP contribution in [0.2, 0.25) is 0 Å². The lowest BCUT2D eigenvalue weighted by Gasteiger charge is -2.04. The Balaban J connectivity index is 2.08. The zero-order valence-corrected chi connectivity index (χ0v) is 10.8. The van der Waals surface area contributed by atoms with Crippen molar-refractivity contribution < 1.29 is 4.39 Å². The molecule has 0 aliphatic rings. The minimum absolute atomic E-state index is 0.215. The highest BCUT2D eigenvalue weighted by atomic mass is 79.9. The van der Waals surface area contributed by atoms with E-state index in [0.717, 1.165) is 16.2 Å². The molecule has 0 radical (unpaired) electrons. The van der Waals surface area contributed by atoms with Gasteiger partial charge in [0.15, 0.2) is 0 Å². The molecule has 1 nitrogen and oxygen atoms in total. The highest BCUT2D eigenvalue weighted by Crippen LogP contribution is 2.27. The molecule has 0 saturated heterocycles. The van der Waals surface area contributed by atoms with E-state index in [1.807, 2.05) is 18.2 Å². The number of pyridine rings is 1. The number of hydrogen-bond acceptors (Lipinski definition) is 2. The lowest BCUT2D eigenvalue weighted by atomic mass is 10.2. The van der Waals surface area contributed by atoms with Crippen LogP contribution in [-0.4, -0.2) is 4.98 Å². The monoisotopic (exact) mass is 297 g/mol. The molecule has 1 heterocycles. The van der Waals surface area contributed by atoms with Gasteiger partial charge in [-0.1, -0.05) is 12.1 Å². The third-order valence-electron chi connectivity index (χ3n) is 2.08. The lowest BCUT2D eigenvalue weighted by Crippen LogP contribution is -1.86. The molecule has 2 aromatic rings. The topological polar surface area (TPSA) is 12.9 Å². The standard InChI is InChI=1S/C12H9BrFNS/c13-12-9(2-1-3-11(12)14)8-16-10-4-6-15-7-5-10/h1-7H,8H2. The molecule has 0 atom stereocenters. The Hall–Kier alpha value is -0.870. The molecule has 2 rings (SSSR count). The second-order valence-electron chi connectivity index (χ2n) is 3.18. The van der Waals surface area contributed by atoms with E-state index in [4.69, 9.17) is 0 Å². The molecule has 0 saturated carbocycles. The first-order chi connectivity index (χ1) is 7.77. The minimum Gasteiger partial charge on any atom is -0.265 e. The van der Waals surface area contributed by atoms with Crippen LogP contribution in [0.5, 0.6) is 0 Å². The molecule has 0 N–H and O–H groups in total. The smallest absolute Gasteiger partial charge is 0.137 e. The van der Waals surface area contributed by atoms with Gasteiger partial charge in [0, 0.05) is 23.0 Å². The molecule has 0 unspecified atom stereocenters. The molecule has 0 bridgehead atoms. The fourth-order valence-corrected chi connectivity index (χ4v) is 2.72. The summed E-state index contributed by atoms with van der Waals surface area (Å²) in [6, 6.07) is 8.98. The Bertz CT molecular complexity index is 476. The van der Waals surface area contributed by atoms with Gasteiger partial charge < -0.3 is 0 Å². The fourth-order valence-electron chi connectivity index (χ4n) is 1.26. The fraction of sp³-hybridized carbons (Fsp3) is 0.0833. The molecule has 82 valence electrons. The van der Waals surface area contributed by atoms with Crippen molar-refractivity contribution in [2.75, 3.05) is 0 Å². The first kappa shape index (κ1) is 11.6. The molecule has 0 amide bonds. The maximum Gasteiger partial charge on any atom is 0.137 e. The molecule has 0 aliphatic carbocycles. The van der Waals surface area contributed by atoms with E-state index >= 15 is 0 Å². The van der Waals surface area contributed by atoms with E-state index in [0.29, 0.717) is 4.47 Å². The summed E-state index contributed by atoms with van der Waals surface area (Å²) >= 11 is 4.91. The van der Waals surface area contributed by atoms with Crippen molar-refractivity contribution in [1.82, 2.24) is 4.98 Å². The number of rotatable bonds is 3. The van der Waals surface area contributed by atoms with Gasteiger partial charge in [0.25, 0.3) is 0 Å². The summed E-state index contributed by atoms with van der Waals surface area (Å²) in [5.74, 6) is 0.523. The van der Waals surface area contributed by atoms with Crippen molar-refractivity contribution in [2.24, 2.45) is 0 Å². The van der Waals surface area contributed by atoms with Gasteiger partial charge in [-0.05, 0) is 39.7 Å². The van der Waals surface area contributed by atoms with E-state index in [1.54, 1.807) is 30.2 Å². The number of aromatic nitrogens is 1. The summed E-state index contributed by atoms with van der Waals surface area (Å²) in [6.45, 7) is 0. The summed E-state index contributed by atoms with van der Waals surface area (Å²) in [7, 11) is 0. The Labute approximate surface area is 106 Å². The molecule has 0 fully saturated rings. The number of benzene rings is 1. The van der Waals surface area contributed by atoms with E-state index in [2.05, 4.69) is 20.9 Å². The van der Waals surface area contributed by atoms with Crippen molar-refractivity contribution in [2.45, 2.75) is 10.6 Å². The summed E-state index contributed by atoms with van der Waals surface area (Å²) in [5.41, 5.74) is 0.960. The van der Waals surface area contributed by atoms with Gasteiger partial charge in [0.05, 0.1) is 4.47 Å². The van der Waals surface area contributed by atoms with E-state index < -0.39 is 0 Å². The summed E-state index contributed by atoms with van der Waals surface area (Å²) in [6.07, 6.45) is 3.51. The first-order valence-corrected chi connectivity index (χ1v) is 6.51. The maximum absolute atomic E-state index is 13.2. The molecule has 0 aliphatic heterocycles. The van der Waals surface area contributed by atoms with Gasteiger partial charge >= 0.3 is 0 Å². The third-order valence-corrected chi connectivity index (χ3v) is 4.02. The van der Waals surface area contributed by atoms with Gasteiger partial charge in [0.2, 0.25) is 0 Å². The van der Waals surface area contributed by atoms with Crippen LogP contribution in [0.4, 0.5) is 4.39 Å². The number of thioether (sulfide) groups is 1. The van der Waals surface area contributed by atoms with Crippen LogP contribution in [0, 0.1) is 5.82 Å². The molecule has 0 spiro atoms. The molecular formula is C12H9BrFNS. The second kappa shape index (κ2) is 5.46. The zero-order chi connectivity index (χ0) is 11.4. The summed E-state index contributed by atoms with van der Waals surface area (Å²) in [4.78, 5) is 5.08. The van der Waals surface area contributed by atoms with Crippen LogP contribution in [0.25, 0.3) is 0 Å². The van der Waals surface area contributed by atoms with Gasteiger partial charge in [-0.25, -0.2) is 4.39 Å². The number of halogens is 2.